The molecule has 2 N–H and O–H groups in total. The van der Waals surface area contributed by atoms with Gasteiger partial charge in [-0.05, 0) is 49.9 Å². The summed E-state index contributed by atoms with van der Waals surface area (Å²) < 4.78 is 33.7. The molecule has 1 aromatic rings. The lowest BCUT2D eigenvalue weighted by molar-refractivity contribution is 0.0108. The molecule has 0 unspecified atom stereocenters. The maximum absolute atomic E-state index is 12.8. The van der Waals surface area contributed by atoms with Crippen LogP contribution in [-0.4, -0.2) is 62.8 Å². The van der Waals surface area contributed by atoms with Crippen LogP contribution in [0.5, 0.6) is 0 Å². The fraction of sp³-hybridized carbons (Fsp3) is 0.588. The van der Waals surface area contributed by atoms with E-state index >= 15 is 0 Å². The summed E-state index contributed by atoms with van der Waals surface area (Å²) in [5.41, 5.74) is 1.09. The Kier molecular flexibility index (Phi) is 4.89. The Balaban J connectivity index is 1.79. The Labute approximate surface area is 148 Å². The van der Waals surface area contributed by atoms with Crippen molar-refractivity contribution in [2.45, 2.75) is 37.1 Å². The van der Waals surface area contributed by atoms with Gasteiger partial charge in [0.15, 0.2) is 0 Å². The first-order valence-electron chi connectivity index (χ1n) is 8.42. The molecule has 2 aliphatic rings. The van der Waals surface area contributed by atoms with Gasteiger partial charge in [0.2, 0.25) is 10.0 Å². The van der Waals surface area contributed by atoms with Gasteiger partial charge < -0.3 is 9.84 Å². The molecule has 0 spiro atoms. The van der Waals surface area contributed by atoms with Crippen LogP contribution < -0.4 is 4.72 Å². The fourth-order valence-corrected chi connectivity index (χ4v) is 4.78. The minimum atomic E-state index is -3.77. The van der Waals surface area contributed by atoms with E-state index in [1.165, 1.54) is 12.1 Å². The van der Waals surface area contributed by atoms with E-state index in [2.05, 4.69) is 9.62 Å². The van der Waals surface area contributed by atoms with E-state index in [9.17, 15) is 18.3 Å². The standard InChI is InChI=1S/C17H24N2O5S/c1-12-9-14(16(20)21)10-15(13(12)2)25(22,23)18-11-17(3-4-17)19-5-7-24-8-6-19/h9-10,18H,3-8,11H2,1-2H3,(H,20,21). The van der Waals surface area contributed by atoms with Gasteiger partial charge in [-0.3, -0.25) is 4.90 Å². The number of rotatable bonds is 6. The molecule has 1 saturated carbocycles. The van der Waals surface area contributed by atoms with Crippen LogP contribution in [0.4, 0.5) is 0 Å². The lowest BCUT2D eigenvalue weighted by Crippen LogP contribution is -2.50. The molecule has 25 heavy (non-hydrogen) atoms. The van der Waals surface area contributed by atoms with E-state index in [4.69, 9.17) is 4.74 Å². The number of sulfonamides is 1. The summed E-state index contributed by atoms with van der Waals surface area (Å²) in [5, 5.41) is 9.20. The van der Waals surface area contributed by atoms with Gasteiger partial charge in [-0.2, -0.15) is 0 Å². The molecule has 8 heteroatoms. The lowest BCUT2D eigenvalue weighted by Gasteiger charge is -2.35. The highest BCUT2D eigenvalue weighted by Crippen LogP contribution is 2.41. The molecule has 0 amide bonds. The van der Waals surface area contributed by atoms with Crippen LogP contribution in [0.2, 0.25) is 0 Å². The molecular formula is C17H24N2O5S. The van der Waals surface area contributed by atoms with E-state index in [1.54, 1.807) is 13.8 Å². The Bertz CT molecular complexity index is 780. The van der Waals surface area contributed by atoms with Gasteiger partial charge in [0.05, 0.1) is 23.7 Å². The number of hydrogen-bond donors (Lipinski definition) is 2. The van der Waals surface area contributed by atoms with E-state index in [-0.39, 0.29) is 16.0 Å². The number of ether oxygens (including phenoxy) is 1. The number of aryl methyl sites for hydroxylation is 1. The van der Waals surface area contributed by atoms with Crippen molar-refractivity contribution in [3.8, 4) is 0 Å². The zero-order valence-corrected chi connectivity index (χ0v) is 15.4. The summed E-state index contributed by atoms with van der Waals surface area (Å²) in [6, 6.07) is 2.73. The molecule has 2 fully saturated rings. The van der Waals surface area contributed by atoms with E-state index < -0.39 is 16.0 Å². The molecule has 7 nitrogen and oxygen atoms in total. The quantitative estimate of drug-likeness (QED) is 0.782. The summed E-state index contributed by atoms with van der Waals surface area (Å²) >= 11 is 0. The maximum atomic E-state index is 12.8. The number of nitrogens with one attached hydrogen (secondary N) is 1. The molecule has 1 aliphatic carbocycles. The topological polar surface area (TPSA) is 95.9 Å². The second-order valence-electron chi connectivity index (χ2n) is 6.87. The molecule has 1 heterocycles. The Morgan fingerprint density at radius 1 is 1.28 bits per heavy atom. The molecule has 1 aromatic carbocycles. The molecule has 0 atom stereocenters. The molecule has 0 radical (unpaired) electrons. The average molecular weight is 368 g/mol. The minimum absolute atomic E-state index is 0.0159. The average Bonchev–Trinajstić information content (AvgIpc) is 3.37. The van der Waals surface area contributed by atoms with Crippen LogP contribution in [0.25, 0.3) is 0 Å². The third-order valence-corrected chi connectivity index (χ3v) is 6.78. The molecule has 138 valence electrons. The van der Waals surface area contributed by atoms with Crippen LogP contribution in [0.15, 0.2) is 17.0 Å². The van der Waals surface area contributed by atoms with Gasteiger partial charge in [-0.15, -0.1) is 0 Å². The second-order valence-corrected chi connectivity index (χ2v) is 8.61. The van der Waals surface area contributed by atoms with Crippen molar-refractivity contribution in [1.29, 1.82) is 0 Å². The number of carbonyl (C=O) groups is 1. The molecule has 0 aromatic heterocycles. The van der Waals surface area contributed by atoms with Gasteiger partial charge >= 0.3 is 5.97 Å². The summed E-state index contributed by atoms with van der Waals surface area (Å²) in [6.45, 7) is 6.73. The van der Waals surface area contributed by atoms with Crippen molar-refractivity contribution in [3.63, 3.8) is 0 Å². The normalized spacial score (nSPS) is 20.4. The van der Waals surface area contributed by atoms with Crippen LogP contribution in [0.3, 0.4) is 0 Å². The van der Waals surface area contributed by atoms with Crippen LogP contribution in [0, 0.1) is 13.8 Å². The lowest BCUT2D eigenvalue weighted by atomic mass is 10.1. The first kappa shape index (κ1) is 18.3. The van der Waals surface area contributed by atoms with Gasteiger partial charge in [0, 0.05) is 25.2 Å². The smallest absolute Gasteiger partial charge is 0.335 e. The fourth-order valence-electron chi connectivity index (χ4n) is 3.32. The Morgan fingerprint density at radius 2 is 1.92 bits per heavy atom. The SMILES string of the molecule is Cc1cc(C(=O)O)cc(S(=O)(=O)NCC2(N3CCOCC3)CC2)c1C. The number of hydrogen-bond acceptors (Lipinski definition) is 5. The van der Waals surface area contributed by atoms with Gasteiger partial charge in [0.1, 0.15) is 0 Å². The molecular weight excluding hydrogens is 344 g/mol. The maximum Gasteiger partial charge on any atom is 0.335 e. The summed E-state index contributed by atoms with van der Waals surface area (Å²) in [6.07, 6.45) is 1.92. The second kappa shape index (κ2) is 6.68. The van der Waals surface area contributed by atoms with E-state index in [0.29, 0.717) is 30.9 Å². The highest BCUT2D eigenvalue weighted by Gasteiger charge is 2.48. The number of carboxylic acids is 1. The molecule has 3 rings (SSSR count). The third kappa shape index (κ3) is 3.72. The summed E-state index contributed by atoms with van der Waals surface area (Å²) in [7, 11) is -3.77. The van der Waals surface area contributed by atoms with Crippen molar-refractivity contribution in [2.24, 2.45) is 0 Å². The number of morpholine rings is 1. The van der Waals surface area contributed by atoms with Crippen molar-refractivity contribution < 1.29 is 23.1 Å². The predicted molar refractivity (Wildman–Crippen MR) is 92.4 cm³/mol. The van der Waals surface area contributed by atoms with Gasteiger partial charge in [0.25, 0.3) is 0 Å². The number of nitrogens with zero attached hydrogens (tertiary/aromatic N) is 1. The Morgan fingerprint density at radius 3 is 2.48 bits per heavy atom. The zero-order chi connectivity index (χ0) is 18.2. The van der Waals surface area contributed by atoms with Crippen molar-refractivity contribution in [2.75, 3.05) is 32.8 Å². The van der Waals surface area contributed by atoms with Gasteiger partial charge in [-0.25, -0.2) is 17.9 Å². The third-order valence-electron chi connectivity index (χ3n) is 5.26. The first-order valence-corrected chi connectivity index (χ1v) is 9.90. The Hall–Kier alpha value is -1.48. The van der Waals surface area contributed by atoms with Gasteiger partial charge in [-0.1, -0.05) is 0 Å². The molecule has 1 aliphatic heterocycles. The van der Waals surface area contributed by atoms with Crippen LogP contribution >= 0.6 is 0 Å². The van der Waals surface area contributed by atoms with E-state index in [1.807, 2.05) is 0 Å². The van der Waals surface area contributed by atoms with Crippen molar-refractivity contribution in [1.82, 2.24) is 9.62 Å². The predicted octanol–water partition coefficient (Wildman–Crippen LogP) is 1.14. The first-order chi connectivity index (χ1) is 11.8. The summed E-state index contributed by atoms with van der Waals surface area (Å²) in [5.74, 6) is -1.13. The number of aromatic carboxylic acids is 1. The van der Waals surface area contributed by atoms with Crippen LogP contribution in [0.1, 0.15) is 34.3 Å². The van der Waals surface area contributed by atoms with Crippen LogP contribution in [-0.2, 0) is 14.8 Å². The van der Waals surface area contributed by atoms with Crippen molar-refractivity contribution >= 4 is 16.0 Å². The van der Waals surface area contributed by atoms with E-state index in [0.717, 1.165) is 25.9 Å². The number of carboxylic acid groups (broad SMARTS) is 1. The monoisotopic (exact) mass is 368 g/mol. The highest BCUT2D eigenvalue weighted by atomic mass is 32.2. The molecule has 0 bridgehead atoms. The largest absolute Gasteiger partial charge is 0.478 e. The highest BCUT2D eigenvalue weighted by molar-refractivity contribution is 7.89. The molecule has 1 saturated heterocycles. The van der Waals surface area contributed by atoms with Crippen molar-refractivity contribution in [3.05, 3.63) is 28.8 Å². The summed E-state index contributed by atoms with van der Waals surface area (Å²) in [4.78, 5) is 13.6. The minimum Gasteiger partial charge on any atom is -0.478 e. The zero-order valence-electron chi connectivity index (χ0n) is 14.5. The number of benzene rings is 1.